The van der Waals surface area contributed by atoms with E-state index in [4.69, 9.17) is 14.9 Å². The molecule has 0 aliphatic carbocycles. The molecule has 0 bridgehead atoms. The van der Waals surface area contributed by atoms with Crippen molar-refractivity contribution in [3.05, 3.63) is 60.3 Å². The fourth-order valence-corrected chi connectivity index (χ4v) is 2.65. The maximum Gasteiger partial charge on any atom is 0.299 e. The molecular weight excluding hydrogens is 344 g/mol. The molecule has 0 saturated carbocycles. The zero-order chi connectivity index (χ0) is 19.2. The average Bonchev–Trinajstić information content (AvgIpc) is 3.16. The first-order valence-electron chi connectivity index (χ1n) is 8.50. The van der Waals surface area contributed by atoms with Crippen LogP contribution in [0.1, 0.15) is 5.56 Å². The van der Waals surface area contributed by atoms with Gasteiger partial charge in [-0.05, 0) is 29.8 Å². The first kappa shape index (κ1) is 18.5. The number of carbonyl (C=O) groups is 1. The Morgan fingerprint density at radius 3 is 2.67 bits per heavy atom. The normalized spacial score (nSPS) is 10.5. The van der Waals surface area contributed by atoms with Crippen molar-refractivity contribution in [3.63, 3.8) is 0 Å². The van der Waals surface area contributed by atoms with Crippen LogP contribution in [0.4, 0.5) is 11.7 Å². The summed E-state index contributed by atoms with van der Waals surface area (Å²) >= 11 is 0. The number of hydrogen-bond donors (Lipinski definition) is 2. The van der Waals surface area contributed by atoms with Crippen molar-refractivity contribution in [2.45, 2.75) is 6.54 Å². The zero-order valence-electron chi connectivity index (χ0n) is 15.3. The van der Waals surface area contributed by atoms with E-state index < -0.39 is 0 Å². The summed E-state index contributed by atoms with van der Waals surface area (Å²) in [5.74, 6) is 1.28. The van der Waals surface area contributed by atoms with Gasteiger partial charge in [-0.2, -0.15) is 0 Å². The number of likely N-dealkylation sites (N-methyl/N-ethyl adjacent to an activating group) is 1. The third-order valence-electron chi connectivity index (χ3n) is 4.14. The molecule has 7 heteroatoms. The van der Waals surface area contributed by atoms with E-state index in [0.29, 0.717) is 18.3 Å². The van der Waals surface area contributed by atoms with E-state index in [9.17, 15) is 4.79 Å². The Morgan fingerprint density at radius 1 is 1.22 bits per heavy atom. The van der Waals surface area contributed by atoms with Gasteiger partial charge in [0.1, 0.15) is 5.75 Å². The third-order valence-corrected chi connectivity index (χ3v) is 4.14. The van der Waals surface area contributed by atoms with Gasteiger partial charge in [-0.15, -0.1) is 0 Å². The van der Waals surface area contributed by atoms with Crippen molar-refractivity contribution in [2.75, 3.05) is 26.0 Å². The van der Waals surface area contributed by atoms with E-state index in [0.717, 1.165) is 22.6 Å². The van der Waals surface area contributed by atoms with Gasteiger partial charge >= 0.3 is 0 Å². The van der Waals surface area contributed by atoms with Gasteiger partial charge in [0.05, 0.1) is 19.9 Å². The van der Waals surface area contributed by atoms with Gasteiger partial charge < -0.3 is 25.1 Å². The van der Waals surface area contributed by atoms with Crippen LogP contribution in [0.25, 0.3) is 11.3 Å². The van der Waals surface area contributed by atoms with Gasteiger partial charge in [-0.3, -0.25) is 4.79 Å². The van der Waals surface area contributed by atoms with Gasteiger partial charge in [0.25, 0.3) is 6.01 Å². The lowest BCUT2D eigenvalue weighted by Gasteiger charge is -2.17. The van der Waals surface area contributed by atoms with Gasteiger partial charge in [0.2, 0.25) is 5.91 Å². The van der Waals surface area contributed by atoms with Gasteiger partial charge in [-0.1, -0.05) is 24.3 Å². The summed E-state index contributed by atoms with van der Waals surface area (Å²) in [7, 11) is 3.35. The third kappa shape index (κ3) is 4.45. The number of hydrogen-bond acceptors (Lipinski definition) is 6. The van der Waals surface area contributed by atoms with Crippen LogP contribution in [0.15, 0.2) is 59.1 Å². The molecule has 0 aliphatic rings. The molecule has 1 aromatic heterocycles. The van der Waals surface area contributed by atoms with E-state index in [1.807, 2.05) is 48.5 Å². The number of nitrogens with two attached hydrogens (primary N) is 1. The number of aromatic nitrogens is 1. The Hall–Kier alpha value is -3.32. The highest BCUT2D eigenvalue weighted by atomic mass is 16.5. The second-order valence-electron chi connectivity index (χ2n) is 5.99. The lowest BCUT2D eigenvalue weighted by molar-refractivity contribution is -0.128. The summed E-state index contributed by atoms with van der Waals surface area (Å²) in [5, 5.41) is 3.12. The van der Waals surface area contributed by atoms with E-state index in [1.54, 1.807) is 25.3 Å². The number of nitrogens with one attached hydrogen (secondary N) is 1. The van der Waals surface area contributed by atoms with Crippen LogP contribution in [-0.4, -0.2) is 36.5 Å². The van der Waals surface area contributed by atoms with E-state index >= 15 is 0 Å². The lowest BCUT2D eigenvalue weighted by atomic mass is 10.1. The molecule has 3 rings (SSSR count). The second-order valence-corrected chi connectivity index (χ2v) is 5.99. The number of nitrogens with zero attached hydrogens (tertiary/aromatic N) is 2. The second kappa shape index (κ2) is 8.37. The summed E-state index contributed by atoms with van der Waals surface area (Å²) in [6.07, 6.45) is 1.66. The van der Waals surface area contributed by atoms with Crippen molar-refractivity contribution in [1.29, 1.82) is 0 Å². The van der Waals surface area contributed by atoms with Gasteiger partial charge in [0, 0.05) is 24.8 Å². The molecule has 0 atom stereocenters. The topological polar surface area (TPSA) is 93.6 Å². The fourth-order valence-electron chi connectivity index (χ4n) is 2.65. The Morgan fingerprint density at radius 2 is 1.96 bits per heavy atom. The van der Waals surface area contributed by atoms with Crippen LogP contribution in [0, 0.1) is 0 Å². The molecule has 0 aliphatic heterocycles. The highest BCUT2D eigenvalue weighted by Crippen LogP contribution is 2.28. The van der Waals surface area contributed by atoms with E-state index in [2.05, 4.69) is 10.3 Å². The minimum Gasteiger partial charge on any atom is -0.497 e. The minimum absolute atomic E-state index is 0.0170. The SMILES string of the molecule is COc1ccc(Nc2ncc(-c3ccccc3CN(C)C(=O)CN)o2)cc1. The number of benzene rings is 2. The van der Waals surface area contributed by atoms with Gasteiger partial charge in [0.15, 0.2) is 5.76 Å². The highest BCUT2D eigenvalue weighted by Gasteiger charge is 2.14. The van der Waals surface area contributed by atoms with Crippen molar-refractivity contribution in [2.24, 2.45) is 5.73 Å². The fraction of sp³-hybridized carbons (Fsp3) is 0.200. The number of methoxy groups -OCH3 is 1. The molecule has 140 valence electrons. The van der Waals surface area contributed by atoms with Gasteiger partial charge in [-0.25, -0.2) is 4.98 Å². The highest BCUT2D eigenvalue weighted by molar-refractivity contribution is 5.78. The summed E-state index contributed by atoms with van der Waals surface area (Å²) in [6.45, 7) is 0.422. The van der Waals surface area contributed by atoms with Crippen molar-refractivity contribution in [3.8, 4) is 17.1 Å². The molecule has 1 heterocycles. The molecule has 3 aromatic rings. The average molecular weight is 366 g/mol. The lowest BCUT2D eigenvalue weighted by Crippen LogP contribution is -2.32. The molecular formula is C20H22N4O3. The number of amides is 1. The Labute approximate surface area is 157 Å². The largest absolute Gasteiger partial charge is 0.497 e. The summed E-state index contributed by atoms with van der Waals surface area (Å²) in [4.78, 5) is 17.6. The maximum absolute atomic E-state index is 11.8. The summed E-state index contributed by atoms with van der Waals surface area (Å²) in [5.41, 5.74) is 8.11. The maximum atomic E-state index is 11.8. The molecule has 0 spiro atoms. The number of ether oxygens (including phenoxy) is 1. The van der Waals surface area contributed by atoms with Crippen LogP contribution < -0.4 is 15.8 Å². The van der Waals surface area contributed by atoms with E-state index in [-0.39, 0.29) is 12.5 Å². The Bertz CT molecular complexity index is 906. The van der Waals surface area contributed by atoms with Crippen molar-refractivity contribution >= 4 is 17.6 Å². The predicted molar refractivity (Wildman–Crippen MR) is 104 cm³/mol. The smallest absolute Gasteiger partial charge is 0.299 e. The molecule has 7 nitrogen and oxygen atoms in total. The van der Waals surface area contributed by atoms with Crippen molar-refractivity contribution < 1.29 is 13.9 Å². The minimum atomic E-state index is -0.121. The van der Waals surface area contributed by atoms with Crippen LogP contribution in [0.3, 0.4) is 0 Å². The number of carbonyl (C=O) groups excluding carboxylic acids is 1. The van der Waals surface area contributed by atoms with E-state index in [1.165, 1.54) is 0 Å². The van der Waals surface area contributed by atoms with Crippen molar-refractivity contribution in [1.82, 2.24) is 9.88 Å². The summed E-state index contributed by atoms with van der Waals surface area (Å²) in [6, 6.07) is 15.6. The van der Waals surface area contributed by atoms with Crippen LogP contribution >= 0.6 is 0 Å². The van der Waals surface area contributed by atoms with Crippen LogP contribution in [-0.2, 0) is 11.3 Å². The summed E-state index contributed by atoms with van der Waals surface area (Å²) < 4.78 is 11.0. The van der Waals surface area contributed by atoms with Crippen LogP contribution in [0.2, 0.25) is 0 Å². The quantitative estimate of drug-likeness (QED) is 0.668. The molecule has 0 unspecified atom stereocenters. The molecule has 27 heavy (non-hydrogen) atoms. The molecule has 1 amide bonds. The molecule has 2 aromatic carbocycles. The predicted octanol–water partition coefficient (Wildman–Crippen LogP) is 3.01. The number of anilines is 2. The molecule has 0 radical (unpaired) electrons. The Balaban J connectivity index is 1.78. The number of oxazole rings is 1. The molecule has 3 N–H and O–H groups in total. The first-order valence-corrected chi connectivity index (χ1v) is 8.50. The zero-order valence-corrected chi connectivity index (χ0v) is 15.3. The molecule has 0 fully saturated rings. The first-order chi connectivity index (χ1) is 13.1. The molecule has 0 saturated heterocycles. The Kier molecular flexibility index (Phi) is 5.73. The number of rotatable bonds is 7. The van der Waals surface area contributed by atoms with Crippen LogP contribution in [0.5, 0.6) is 5.75 Å². The standard InChI is InChI=1S/C20H22N4O3/c1-24(19(25)11-21)13-14-5-3-4-6-17(14)18-12-22-20(27-18)23-15-7-9-16(26-2)10-8-15/h3-10,12H,11,13,21H2,1-2H3,(H,22,23). The monoisotopic (exact) mass is 366 g/mol.